The number of nitrogens with one attached hydrogen (secondary N) is 1. The fourth-order valence-electron chi connectivity index (χ4n) is 2.39. The van der Waals surface area contributed by atoms with Crippen LogP contribution in [0.4, 0.5) is 5.69 Å². The second-order valence-corrected chi connectivity index (χ2v) is 5.42. The van der Waals surface area contributed by atoms with E-state index in [0.29, 0.717) is 6.54 Å². The highest BCUT2D eigenvalue weighted by atomic mass is 16.3. The van der Waals surface area contributed by atoms with Gasteiger partial charge in [-0.3, -0.25) is 9.69 Å². The number of carbonyl (C=O) groups excluding carboxylic acids is 1. The van der Waals surface area contributed by atoms with Gasteiger partial charge in [0.2, 0.25) is 5.91 Å². The minimum Gasteiger partial charge on any atom is -0.392 e. The lowest BCUT2D eigenvalue weighted by Crippen LogP contribution is -2.41. The summed E-state index contributed by atoms with van der Waals surface area (Å²) in [5.41, 5.74) is 3.06. The molecule has 2 N–H and O–H groups in total. The van der Waals surface area contributed by atoms with Gasteiger partial charge in [0.15, 0.2) is 0 Å². The number of aliphatic hydroxyl groups excluding tert-OH is 1. The van der Waals surface area contributed by atoms with Crippen LogP contribution < -0.4 is 5.32 Å². The minimum atomic E-state index is -0.295. The molecule has 1 unspecified atom stereocenters. The maximum atomic E-state index is 12.2. The Hall–Kier alpha value is -1.39. The van der Waals surface area contributed by atoms with Gasteiger partial charge in [0.25, 0.3) is 0 Å². The van der Waals surface area contributed by atoms with E-state index >= 15 is 0 Å². The van der Waals surface area contributed by atoms with Crippen LogP contribution in [0.15, 0.2) is 18.2 Å². The van der Waals surface area contributed by atoms with Crippen LogP contribution in [-0.4, -0.2) is 41.1 Å². The van der Waals surface area contributed by atoms with Gasteiger partial charge in [0.05, 0.1) is 12.1 Å². The van der Waals surface area contributed by atoms with Crippen molar-refractivity contribution in [3.63, 3.8) is 0 Å². The number of amides is 1. The molecule has 1 aromatic carbocycles. The van der Waals surface area contributed by atoms with Gasteiger partial charge in [-0.1, -0.05) is 12.1 Å². The molecule has 0 radical (unpaired) electrons. The molecule has 1 aliphatic heterocycles. The van der Waals surface area contributed by atoms with Gasteiger partial charge in [0, 0.05) is 18.8 Å². The molecule has 2 rings (SSSR count). The van der Waals surface area contributed by atoms with E-state index in [1.54, 1.807) is 0 Å². The lowest BCUT2D eigenvalue weighted by Gasteiger charge is -2.23. The van der Waals surface area contributed by atoms with E-state index in [0.717, 1.165) is 29.8 Å². The third-order valence-electron chi connectivity index (χ3n) is 3.77. The number of aryl methyl sites for hydroxylation is 2. The van der Waals surface area contributed by atoms with Crippen LogP contribution in [0.2, 0.25) is 0 Å². The molecule has 19 heavy (non-hydrogen) atoms. The molecule has 1 aromatic rings. The van der Waals surface area contributed by atoms with Crippen LogP contribution in [0.25, 0.3) is 0 Å². The number of likely N-dealkylation sites (tertiary alicyclic amines) is 1. The van der Waals surface area contributed by atoms with Crippen molar-refractivity contribution < 1.29 is 9.90 Å². The normalized spacial score (nSPS) is 21.4. The van der Waals surface area contributed by atoms with Gasteiger partial charge in [-0.2, -0.15) is 0 Å². The molecule has 1 fully saturated rings. The Bertz CT molecular complexity index is 473. The van der Waals surface area contributed by atoms with E-state index in [1.165, 1.54) is 0 Å². The van der Waals surface area contributed by atoms with Crippen LogP contribution in [0.5, 0.6) is 0 Å². The molecule has 0 aromatic heterocycles. The highest BCUT2D eigenvalue weighted by Gasteiger charge is 2.28. The summed E-state index contributed by atoms with van der Waals surface area (Å²) in [6, 6.07) is 5.82. The molecule has 1 aliphatic rings. The average molecular weight is 262 g/mol. The van der Waals surface area contributed by atoms with E-state index in [9.17, 15) is 9.90 Å². The molecule has 1 saturated heterocycles. The first kappa shape index (κ1) is 14.0. The monoisotopic (exact) mass is 262 g/mol. The Morgan fingerprint density at radius 3 is 2.84 bits per heavy atom. The van der Waals surface area contributed by atoms with Crippen molar-refractivity contribution >= 4 is 11.6 Å². The SMILES string of the molecule is Cc1ccc(C)c(NC(=O)C(C)N2CC[C@H](O)C2)c1. The van der Waals surface area contributed by atoms with E-state index in [1.807, 2.05) is 43.9 Å². The summed E-state index contributed by atoms with van der Waals surface area (Å²) in [6.07, 6.45) is 0.456. The maximum absolute atomic E-state index is 12.2. The van der Waals surface area contributed by atoms with E-state index < -0.39 is 0 Å². The van der Waals surface area contributed by atoms with E-state index in [2.05, 4.69) is 5.32 Å². The highest BCUT2D eigenvalue weighted by Crippen LogP contribution is 2.18. The molecule has 4 heteroatoms. The van der Waals surface area contributed by atoms with Gasteiger partial charge in [-0.15, -0.1) is 0 Å². The quantitative estimate of drug-likeness (QED) is 0.871. The molecule has 4 nitrogen and oxygen atoms in total. The summed E-state index contributed by atoms with van der Waals surface area (Å²) in [7, 11) is 0. The van der Waals surface area contributed by atoms with Crippen LogP contribution in [0.3, 0.4) is 0 Å². The zero-order valence-corrected chi connectivity index (χ0v) is 11.8. The summed E-state index contributed by atoms with van der Waals surface area (Å²) in [6.45, 7) is 7.25. The Kier molecular flexibility index (Phi) is 4.22. The smallest absolute Gasteiger partial charge is 0.241 e. The third kappa shape index (κ3) is 3.33. The Labute approximate surface area is 114 Å². The number of aliphatic hydroxyl groups is 1. The molecule has 104 valence electrons. The number of hydrogen-bond acceptors (Lipinski definition) is 3. The van der Waals surface area contributed by atoms with Crippen molar-refractivity contribution in [2.45, 2.75) is 39.3 Å². The number of benzene rings is 1. The van der Waals surface area contributed by atoms with E-state index in [4.69, 9.17) is 0 Å². The summed E-state index contributed by atoms with van der Waals surface area (Å²) in [5, 5.41) is 12.5. The predicted molar refractivity (Wildman–Crippen MR) is 76.2 cm³/mol. The first-order valence-corrected chi connectivity index (χ1v) is 6.77. The minimum absolute atomic E-state index is 0.0113. The van der Waals surface area contributed by atoms with Crippen molar-refractivity contribution in [2.75, 3.05) is 18.4 Å². The molecule has 0 aliphatic carbocycles. The molecule has 0 saturated carbocycles. The van der Waals surface area contributed by atoms with Crippen LogP contribution in [-0.2, 0) is 4.79 Å². The summed E-state index contributed by atoms with van der Waals surface area (Å²) in [5.74, 6) is -0.0113. The van der Waals surface area contributed by atoms with Gasteiger partial charge in [0.1, 0.15) is 0 Å². The van der Waals surface area contributed by atoms with Gasteiger partial charge in [-0.05, 0) is 44.4 Å². The van der Waals surface area contributed by atoms with Crippen molar-refractivity contribution in [1.82, 2.24) is 4.90 Å². The summed E-state index contributed by atoms with van der Waals surface area (Å²) in [4.78, 5) is 14.3. The topological polar surface area (TPSA) is 52.6 Å². The molecule has 1 amide bonds. The Morgan fingerprint density at radius 1 is 1.47 bits per heavy atom. The predicted octanol–water partition coefficient (Wildman–Crippen LogP) is 1.70. The molecular weight excluding hydrogens is 240 g/mol. The van der Waals surface area contributed by atoms with Crippen molar-refractivity contribution in [3.05, 3.63) is 29.3 Å². The highest BCUT2D eigenvalue weighted by molar-refractivity contribution is 5.95. The molecule has 1 heterocycles. The maximum Gasteiger partial charge on any atom is 0.241 e. The third-order valence-corrected chi connectivity index (χ3v) is 3.77. The standard InChI is InChI=1S/C15H22N2O2/c1-10-4-5-11(2)14(8-10)16-15(19)12(3)17-7-6-13(18)9-17/h4-5,8,12-13,18H,6-7,9H2,1-3H3,(H,16,19)/t12?,13-/m0/s1. The fourth-order valence-corrected chi connectivity index (χ4v) is 2.39. The molecule has 2 atom stereocenters. The average Bonchev–Trinajstić information content (AvgIpc) is 2.79. The number of hydrogen-bond donors (Lipinski definition) is 2. The lowest BCUT2D eigenvalue weighted by molar-refractivity contribution is -0.120. The fraction of sp³-hybridized carbons (Fsp3) is 0.533. The summed E-state index contributed by atoms with van der Waals surface area (Å²) < 4.78 is 0. The van der Waals surface area contributed by atoms with E-state index in [-0.39, 0.29) is 18.1 Å². The second-order valence-electron chi connectivity index (χ2n) is 5.42. The first-order valence-electron chi connectivity index (χ1n) is 6.77. The number of nitrogens with zero attached hydrogens (tertiary/aromatic N) is 1. The number of carbonyl (C=O) groups is 1. The Balaban J connectivity index is 2.02. The zero-order valence-electron chi connectivity index (χ0n) is 11.8. The van der Waals surface area contributed by atoms with Crippen molar-refractivity contribution in [2.24, 2.45) is 0 Å². The number of anilines is 1. The van der Waals surface area contributed by atoms with Gasteiger partial charge < -0.3 is 10.4 Å². The largest absolute Gasteiger partial charge is 0.392 e. The van der Waals surface area contributed by atoms with Crippen molar-refractivity contribution in [3.8, 4) is 0 Å². The second kappa shape index (κ2) is 5.72. The number of β-amino-alcohol motifs (C(OH)–C–C–N with tert-alkyl or cyclic N) is 1. The zero-order chi connectivity index (χ0) is 14.0. The number of rotatable bonds is 3. The van der Waals surface area contributed by atoms with Gasteiger partial charge in [-0.25, -0.2) is 0 Å². The lowest BCUT2D eigenvalue weighted by atomic mass is 10.1. The van der Waals surface area contributed by atoms with Crippen molar-refractivity contribution in [1.29, 1.82) is 0 Å². The van der Waals surface area contributed by atoms with Crippen LogP contribution in [0, 0.1) is 13.8 Å². The summed E-state index contributed by atoms with van der Waals surface area (Å²) >= 11 is 0. The van der Waals surface area contributed by atoms with Crippen LogP contribution in [0.1, 0.15) is 24.5 Å². The molecule has 0 bridgehead atoms. The Morgan fingerprint density at radius 2 is 2.21 bits per heavy atom. The van der Waals surface area contributed by atoms with Gasteiger partial charge >= 0.3 is 0 Å². The molecular formula is C15H22N2O2. The van der Waals surface area contributed by atoms with Crippen LogP contribution >= 0.6 is 0 Å². The first-order chi connectivity index (χ1) is 8.97. The molecule has 0 spiro atoms.